The van der Waals surface area contributed by atoms with E-state index in [9.17, 15) is 14.7 Å². The molecule has 6 nitrogen and oxygen atoms in total. The molecule has 6 heteroatoms. The lowest BCUT2D eigenvalue weighted by Gasteiger charge is -2.38. The quantitative estimate of drug-likeness (QED) is 0.743. The van der Waals surface area contributed by atoms with Crippen LogP contribution < -0.4 is 0 Å². The monoisotopic (exact) mass is 389 g/mol. The van der Waals surface area contributed by atoms with Gasteiger partial charge in [-0.1, -0.05) is 66.7 Å². The van der Waals surface area contributed by atoms with Crippen LogP contribution in [0.3, 0.4) is 0 Å². The van der Waals surface area contributed by atoms with Gasteiger partial charge in [-0.05, 0) is 22.4 Å². The van der Waals surface area contributed by atoms with Crippen molar-refractivity contribution in [3.05, 3.63) is 83.9 Å². The van der Waals surface area contributed by atoms with Gasteiger partial charge in [-0.2, -0.15) is 0 Å². The smallest absolute Gasteiger partial charge is 0.336 e. The minimum absolute atomic E-state index is 0.124. The average Bonchev–Trinajstić information content (AvgIpc) is 3.09. The maximum Gasteiger partial charge on any atom is 0.336 e. The number of carbonyl (C=O) groups is 2. The second-order valence-corrected chi connectivity index (χ2v) is 7.41. The van der Waals surface area contributed by atoms with Gasteiger partial charge in [0.05, 0.1) is 6.54 Å². The lowest BCUT2D eigenvalue weighted by Crippen LogP contribution is -2.53. The van der Waals surface area contributed by atoms with Crippen LogP contribution in [-0.2, 0) is 31.4 Å². The third-order valence-corrected chi connectivity index (χ3v) is 5.51. The molecule has 2 fully saturated rings. The first kappa shape index (κ1) is 17.8. The van der Waals surface area contributed by atoms with Gasteiger partial charge in [0.1, 0.15) is 0 Å². The normalized spacial score (nSPS) is 26.1. The third kappa shape index (κ3) is 2.97. The maximum absolute atomic E-state index is 12.9. The number of carboxylic acid groups (broad SMARTS) is 1. The van der Waals surface area contributed by atoms with E-state index in [0.29, 0.717) is 12.1 Å². The number of hydrogen-bond donors (Lipinski definition) is 1. The Hall–Kier alpha value is -3.22. The molecule has 146 valence electrons. The first-order valence-electron chi connectivity index (χ1n) is 9.46. The fraction of sp³-hybridized carbons (Fsp3) is 0.217. The fourth-order valence-corrected chi connectivity index (χ4v) is 4.10. The number of hydrogen-bond acceptors (Lipinski definition) is 4. The van der Waals surface area contributed by atoms with Crippen LogP contribution in [0.5, 0.6) is 0 Å². The minimum atomic E-state index is -1.34. The van der Waals surface area contributed by atoms with Crippen LogP contribution >= 0.6 is 0 Å². The molecule has 0 aromatic heterocycles. The fourth-order valence-electron chi connectivity index (χ4n) is 4.10. The summed E-state index contributed by atoms with van der Waals surface area (Å²) in [4.78, 5) is 26.3. The highest BCUT2D eigenvalue weighted by molar-refractivity contribution is 5.90. The molecule has 2 saturated heterocycles. The molecule has 3 unspecified atom stereocenters. The Labute approximate surface area is 167 Å². The Balaban J connectivity index is 1.56. The summed E-state index contributed by atoms with van der Waals surface area (Å²) in [5.74, 6) is -2.87. The topological polar surface area (TPSA) is 76.1 Å². The van der Waals surface area contributed by atoms with E-state index in [2.05, 4.69) is 0 Å². The summed E-state index contributed by atoms with van der Waals surface area (Å²) in [6.07, 6.45) is -2.51. The summed E-state index contributed by atoms with van der Waals surface area (Å²) in [5, 5.41) is 11.7. The molecule has 5 rings (SSSR count). The van der Waals surface area contributed by atoms with Gasteiger partial charge in [-0.15, -0.1) is 0 Å². The van der Waals surface area contributed by atoms with Crippen molar-refractivity contribution in [2.24, 2.45) is 0 Å². The Morgan fingerprint density at radius 1 is 1.00 bits per heavy atom. The highest BCUT2D eigenvalue weighted by atomic mass is 16.8. The molecule has 3 atom stereocenters. The lowest BCUT2D eigenvalue weighted by molar-refractivity contribution is -0.219. The van der Waals surface area contributed by atoms with Crippen LogP contribution in [0.2, 0.25) is 0 Å². The van der Waals surface area contributed by atoms with Gasteiger partial charge in [0.15, 0.2) is 12.2 Å². The molecule has 0 saturated carbocycles. The largest absolute Gasteiger partial charge is 0.479 e. The van der Waals surface area contributed by atoms with E-state index in [-0.39, 0.29) is 12.5 Å². The van der Waals surface area contributed by atoms with E-state index < -0.39 is 24.0 Å². The predicted molar refractivity (Wildman–Crippen MR) is 105 cm³/mol. The minimum Gasteiger partial charge on any atom is -0.479 e. The zero-order valence-corrected chi connectivity index (χ0v) is 15.5. The lowest BCUT2D eigenvalue weighted by atomic mass is 9.99. The van der Waals surface area contributed by atoms with Gasteiger partial charge >= 0.3 is 5.97 Å². The van der Waals surface area contributed by atoms with E-state index in [1.165, 1.54) is 0 Å². The van der Waals surface area contributed by atoms with Crippen molar-refractivity contribution in [3.8, 4) is 0 Å². The zero-order chi connectivity index (χ0) is 20.0. The summed E-state index contributed by atoms with van der Waals surface area (Å²) < 4.78 is 11.9. The Morgan fingerprint density at radius 3 is 2.48 bits per heavy atom. The standard InChI is InChI=1S/C23H19NO5/c25-21-19-20(22(26)27)29-23(28-19,14-24(21)13-15-6-2-1-3-7-15)18-11-10-16-8-4-5-9-17(16)12-18/h1-12,19-20H,13-14H2,(H,26,27). The number of rotatable bonds is 4. The van der Waals surface area contributed by atoms with Crippen LogP contribution in [0.15, 0.2) is 72.8 Å². The number of ether oxygens (including phenoxy) is 2. The van der Waals surface area contributed by atoms with Crippen molar-refractivity contribution in [3.63, 3.8) is 0 Å². The molecule has 3 aromatic carbocycles. The number of aliphatic carboxylic acids is 1. The van der Waals surface area contributed by atoms with Crippen LogP contribution in [0, 0.1) is 0 Å². The number of fused-ring (bicyclic) bond motifs is 3. The van der Waals surface area contributed by atoms with E-state index in [0.717, 1.165) is 16.3 Å². The molecule has 2 heterocycles. The van der Waals surface area contributed by atoms with Crippen molar-refractivity contribution in [2.45, 2.75) is 24.5 Å². The Kier molecular flexibility index (Phi) is 4.12. The van der Waals surface area contributed by atoms with Crippen molar-refractivity contribution < 1.29 is 24.2 Å². The highest BCUT2D eigenvalue weighted by Crippen LogP contribution is 2.43. The first-order valence-corrected chi connectivity index (χ1v) is 9.46. The number of carbonyl (C=O) groups excluding carboxylic acids is 1. The first-order chi connectivity index (χ1) is 14.1. The molecule has 2 aliphatic heterocycles. The van der Waals surface area contributed by atoms with Crippen molar-refractivity contribution in [1.82, 2.24) is 4.90 Å². The molecule has 0 radical (unpaired) electrons. The third-order valence-electron chi connectivity index (χ3n) is 5.51. The molecule has 2 bridgehead atoms. The van der Waals surface area contributed by atoms with E-state index in [4.69, 9.17) is 9.47 Å². The van der Waals surface area contributed by atoms with E-state index in [1.54, 1.807) is 4.90 Å². The molecular formula is C23H19NO5. The molecule has 1 N–H and O–H groups in total. The van der Waals surface area contributed by atoms with Crippen molar-refractivity contribution >= 4 is 22.6 Å². The number of morpholine rings is 1. The summed E-state index contributed by atoms with van der Waals surface area (Å²) in [5.41, 5.74) is 1.66. The molecule has 29 heavy (non-hydrogen) atoms. The summed E-state index contributed by atoms with van der Waals surface area (Å²) in [6, 6.07) is 23.2. The molecule has 1 amide bonds. The van der Waals surface area contributed by atoms with Crippen molar-refractivity contribution in [2.75, 3.05) is 6.54 Å². The number of benzene rings is 3. The van der Waals surface area contributed by atoms with Crippen LogP contribution in [0.1, 0.15) is 11.1 Å². The van der Waals surface area contributed by atoms with Gasteiger partial charge in [0.2, 0.25) is 5.79 Å². The highest BCUT2D eigenvalue weighted by Gasteiger charge is 2.60. The molecule has 2 aliphatic rings. The van der Waals surface area contributed by atoms with Crippen molar-refractivity contribution in [1.29, 1.82) is 0 Å². The summed E-state index contributed by atoms with van der Waals surface area (Å²) in [7, 11) is 0. The molecular weight excluding hydrogens is 370 g/mol. The Bertz CT molecular complexity index is 1100. The predicted octanol–water partition coefficient (Wildman–Crippen LogP) is 2.90. The molecule has 3 aromatic rings. The molecule has 0 aliphatic carbocycles. The van der Waals surface area contributed by atoms with Crippen LogP contribution in [0.4, 0.5) is 0 Å². The van der Waals surface area contributed by atoms with Gasteiger partial charge in [0.25, 0.3) is 5.91 Å². The van der Waals surface area contributed by atoms with Gasteiger partial charge in [-0.3, -0.25) is 4.79 Å². The number of nitrogens with zero attached hydrogens (tertiary/aromatic N) is 1. The number of amides is 1. The zero-order valence-electron chi connectivity index (χ0n) is 15.5. The SMILES string of the molecule is O=C(O)C1OC2(c3ccc4ccccc4c3)CN(Cc3ccccc3)C(=O)C1O2. The summed E-state index contributed by atoms with van der Waals surface area (Å²) in [6.45, 7) is 0.490. The second-order valence-electron chi connectivity index (χ2n) is 7.41. The molecule has 0 spiro atoms. The Morgan fingerprint density at radius 2 is 1.72 bits per heavy atom. The van der Waals surface area contributed by atoms with E-state index >= 15 is 0 Å². The van der Waals surface area contributed by atoms with Gasteiger partial charge < -0.3 is 19.5 Å². The number of carboxylic acids is 1. The van der Waals surface area contributed by atoms with Crippen LogP contribution in [0.25, 0.3) is 10.8 Å². The van der Waals surface area contributed by atoms with E-state index in [1.807, 2.05) is 72.8 Å². The van der Waals surface area contributed by atoms with Gasteiger partial charge in [-0.25, -0.2) is 4.79 Å². The average molecular weight is 389 g/mol. The van der Waals surface area contributed by atoms with Gasteiger partial charge in [0, 0.05) is 12.1 Å². The van der Waals surface area contributed by atoms with Crippen LogP contribution in [-0.4, -0.2) is 40.6 Å². The second kappa shape index (κ2) is 6.69. The maximum atomic E-state index is 12.9. The summed E-state index contributed by atoms with van der Waals surface area (Å²) >= 11 is 0.